The molecule has 1 N–H and O–H groups in total. The highest BCUT2D eigenvalue weighted by Crippen LogP contribution is 2.42. The van der Waals surface area contributed by atoms with E-state index in [1.807, 2.05) is 53.1 Å². The maximum Gasteiger partial charge on any atom is 0.234 e. The number of fused-ring (bicyclic) bond motifs is 6. The fourth-order valence-corrected chi connectivity index (χ4v) is 7.11. The summed E-state index contributed by atoms with van der Waals surface area (Å²) < 4.78 is 8.17. The monoisotopic (exact) mass is 535 g/mol. The van der Waals surface area contributed by atoms with Crippen LogP contribution < -0.4 is 5.32 Å². The molecule has 1 atom stereocenters. The summed E-state index contributed by atoms with van der Waals surface area (Å²) in [6.45, 7) is 4.93. The average Bonchev–Trinajstić information content (AvgIpc) is 3.48. The number of carbonyl (C=O) groups is 1. The minimum atomic E-state index is -0.187. The minimum absolute atomic E-state index is 0.0865. The molecule has 7 nitrogen and oxygen atoms in total. The van der Waals surface area contributed by atoms with Crippen LogP contribution in [-0.2, 0) is 22.6 Å². The molecule has 3 aromatic heterocycles. The second-order valence-corrected chi connectivity index (χ2v) is 11.9. The van der Waals surface area contributed by atoms with Gasteiger partial charge in [0.05, 0.1) is 23.3 Å². The van der Waals surface area contributed by atoms with Crippen molar-refractivity contribution in [1.82, 2.24) is 19.6 Å². The molecule has 5 aromatic rings. The lowest BCUT2D eigenvalue weighted by atomic mass is 9.90. The summed E-state index contributed by atoms with van der Waals surface area (Å²) in [5.41, 5.74) is 2.70. The predicted molar refractivity (Wildman–Crippen MR) is 148 cm³/mol. The van der Waals surface area contributed by atoms with Crippen LogP contribution in [0.15, 0.2) is 52.8 Å². The Bertz CT molecular complexity index is 1620. The number of hydrogen-bond acceptors (Lipinski definition) is 8. The highest BCUT2D eigenvalue weighted by Gasteiger charge is 2.33. The number of amides is 1. The summed E-state index contributed by atoms with van der Waals surface area (Å²) in [4.78, 5) is 20.0. The molecule has 36 heavy (non-hydrogen) atoms. The summed E-state index contributed by atoms with van der Waals surface area (Å²) in [6.07, 6.45) is 3.77. The fraction of sp³-hybridized carbons (Fsp3) is 0.308. The second kappa shape index (κ2) is 9.33. The van der Waals surface area contributed by atoms with Crippen molar-refractivity contribution in [2.24, 2.45) is 0 Å². The maximum atomic E-state index is 12.9. The van der Waals surface area contributed by atoms with Gasteiger partial charge in [0.1, 0.15) is 4.83 Å². The van der Waals surface area contributed by atoms with Crippen molar-refractivity contribution < 1.29 is 9.53 Å². The number of anilines is 1. The van der Waals surface area contributed by atoms with Crippen LogP contribution in [-0.4, -0.2) is 43.1 Å². The molecule has 2 aromatic carbocycles. The second-order valence-electron chi connectivity index (χ2n) is 9.06. The number of ether oxygens (including phenoxy) is 1. The zero-order valence-corrected chi connectivity index (χ0v) is 22.6. The van der Waals surface area contributed by atoms with E-state index in [1.165, 1.54) is 22.2 Å². The lowest BCUT2D eigenvalue weighted by Gasteiger charge is -2.32. The number of benzene rings is 2. The largest absolute Gasteiger partial charge is 0.369 e. The molecule has 0 bridgehead atoms. The average molecular weight is 536 g/mol. The number of nitrogens with zero attached hydrogens (tertiary/aromatic N) is 4. The fourth-order valence-electron chi connectivity index (χ4n) is 4.62. The summed E-state index contributed by atoms with van der Waals surface area (Å²) in [5.74, 6) is 0.135. The first-order valence-corrected chi connectivity index (χ1v) is 14.8. The van der Waals surface area contributed by atoms with Crippen molar-refractivity contribution in [3.05, 3.63) is 52.9 Å². The molecule has 0 saturated carbocycles. The normalized spacial score (nSPS) is 17.6. The number of nitrogens with one attached hydrogen (secondary N) is 1. The summed E-state index contributed by atoms with van der Waals surface area (Å²) in [5, 5.41) is 16.8. The van der Waals surface area contributed by atoms with E-state index >= 15 is 0 Å². The summed E-state index contributed by atoms with van der Waals surface area (Å²) in [6, 6.07) is 13.9. The third-order valence-corrected chi connectivity index (χ3v) is 9.41. The van der Waals surface area contributed by atoms with Crippen LogP contribution >= 0.6 is 34.9 Å². The smallest absolute Gasteiger partial charge is 0.234 e. The van der Waals surface area contributed by atoms with Crippen LogP contribution in [0, 0.1) is 0 Å². The number of thioether (sulfide) groups is 2. The van der Waals surface area contributed by atoms with Gasteiger partial charge in [-0.05, 0) is 36.6 Å². The van der Waals surface area contributed by atoms with Gasteiger partial charge in [0.2, 0.25) is 5.91 Å². The molecule has 4 heterocycles. The molecular weight excluding hydrogens is 511 g/mol. The van der Waals surface area contributed by atoms with E-state index in [2.05, 4.69) is 29.4 Å². The number of hydrogen-bond donors (Lipinski definition) is 1. The molecule has 0 saturated heterocycles. The van der Waals surface area contributed by atoms with E-state index in [1.54, 1.807) is 23.1 Å². The van der Waals surface area contributed by atoms with Crippen LogP contribution in [0.2, 0.25) is 0 Å². The van der Waals surface area contributed by atoms with E-state index in [4.69, 9.17) is 9.72 Å². The Morgan fingerprint density at radius 3 is 2.86 bits per heavy atom. The molecule has 6 rings (SSSR count). The minimum Gasteiger partial charge on any atom is -0.369 e. The molecule has 0 spiro atoms. The van der Waals surface area contributed by atoms with Gasteiger partial charge in [0.15, 0.2) is 16.0 Å². The van der Waals surface area contributed by atoms with E-state index in [0.717, 1.165) is 50.3 Å². The van der Waals surface area contributed by atoms with Crippen LogP contribution in [0.1, 0.15) is 30.7 Å². The van der Waals surface area contributed by atoms with E-state index in [9.17, 15) is 4.79 Å². The SMILES string of the molecule is CCC1(C)Cc2c(sc3nc(SC)n4c(SCC(=O)Nc5cccc6ccccc56)nnc4c23)CO1. The topological polar surface area (TPSA) is 81.4 Å². The Labute approximate surface area is 221 Å². The van der Waals surface area contributed by atoms with Crippen molar-refractivity contribution in [2.45, 2.75) is 49.2 Å². The molecule has 1 aliphatic rings. The molecule has 184 valence electrons. The van der Waals surface area contributed by atoms with Crippen molar-refractivity contribution in [3.8, 4) is 0 Å². The molecule has 0 radical (unpaired) electrons. The van der Waals surface area contributed by atoms with Gasteiger partial charge in [0.25, 0.3) is 0 Å². The summed E-state index contributed by atoms with van der Waals surface area (Å²) in [7, 11) is 0. The van der Waals surface area contributed by atoms with Crippen LogP contribution in [0.5, 0.6) is 0 Å². The Morgan fingerprint density at radius 2 is 2.03 bits per heavy atom. The Morgan fingerprint density at radius 1 is 1.19 bits per heavy atom. The van der Waals surface area contributed by atoms with E-state index in [0.29, 0.717) is 11.8 Å². The zero-order valence-electron chi connectivity index (χ0n) is 20.2. The first-order valence-electron chi connectivity index (χ1n) is 11.8. The third kappa shape index (κ3) is 4.06. The van der Waals surface area contributed by atoms with Crippen molar-refractivity contribution in [3.63, 3.8) is 0 Å². The van der Waals surface area contributed by atoms with Crippen LogP contribution in [0.25, 0.3) is 26.6 Å². The van der Waals surface area contributed by atoms with Gasteiger partial charge < -0.3 is 10.1 Å². The Balaban J connectivity index is 1.31. The number of aromatic nitrogens is 4. The van der Waals surface area contributed by atoms with E-state index < -0.39 is 0 Å². The standard InChI is InChI=1S/C26H25N5O2S3/c1-4-26(2)12-17-19(13-33-26)36-23-21(17)22-29-30-25(31(22)24(28-23)34-3)35-14-20(32)27-18-11-7-9-15-8-5-6-10-16(15)18/h5-11H,4,12-14H2,1-3H3,(H,27,32). The van der Waals surface area contributed by atoms with Crippen LogP contribution in [0.4, 0.5) is 5.69 Å². The molecule has 1 amide bonds. The van der Waals surface area contributed by atoms with Gasteiger partial charge in [-0.2, -0.15) is 0 Å². The molecule has 1 unspecified atom stereocenters. The molecule has 0 aliphatic carbocycles. The van der Waals surface area contributed by atoms with Gasteiger partial charge in [-0.1, -0.05) is 66.8 Å². The molecular formula is C26H25N5O2S3. The Kier molecular flexibility index (Phi) is 6.15. The lowest BCUT2D eigenvalue weighted by molar-refractivity contribution is -0.113. The van der Waals surface area contributed by atoms with Gasteiger partial charge >= 0.3 is 0 Å². The first kappa shape index (κ1) is 23.7. The van der Waals surface area contributed by atoms with Gasteiger partial charge in [0, 0.05) is 22.4 Å². The number of carbonyl (C=O) groups excluding carboxylic acids is 1. The molecule has 1 aliphatic heterocycles. The zero-order chi connectivity index (χ0) is 24.9. The van der Waals surface area contributed by atoms with Gasteiger partial charge in [-0.15, -0.1) is 21.5 Å². The lowest BCUT2D eigenvalue weighted by Crippen LogP contribution is -2.33. The number of rotatable bonds is 6. The molecule has 10 heteroatoms. The first-order chi connectivity index (χ1) is 17.5. The van der Waals surface area contributed by atoms with Crippen molar-refractivity contribution in [2.75, 3.05) is 17.3 Å². The van der Waals surface area contributed by atoms with E-state index in [-0.39, 0.29) is 17.3 Å². The highest BCUT2D eigenvalue weighted by molar-refractivity contribution is 8.00. The van der Waals surface area contributed by atoms with Crippen LogP contribution in [0.3, 0.4) is 0 Å². The van der Waals surface area contributed by atoms with Crippen molar-refractivity contribution in [1.29, 1.82) is 0 Å². The summed E-state index contributed by atoms with van der Waals surface area (Å²) >= 11 is 4.61. The predicted octanol–water partition coefficient (Wildman–Crippen LogP) is 6.19. The number of thiophene rings is 1. The Hall–Kier alpha value is -2.66. The van der Waals surface area contributed by atoms with Gasteiger partial charge in [-0.3, -0.25) is 4.79 Å². The highest BCUT2D eigenvalue weighted by atomic mass is 32.2. The maximum absolute atomic E-state index is 12.9. The molecule has 0 fully saturated rings. The third-order valence-electron chi connectivity index (χ3n) is 6.75. The van der Waals surface area contributed by atoms with Gasteiger partial charge in [-0.25, -0.2) is 9.38 Å². The van der Waals surface area contributed by atoms with Crippen molar-refractivity contribution >= 4 is 73.1 Å². The quantitative estimate of drug-likeness (QED) is 0.205.